The largest absolute Gasteiger partial charge is 0.324 e. The molecule has 8 bridgehead atoms. The summed E-state index contributed by atoms with van der Waals surface area (Å²) in [6.45, 7) is 0. The molecule has 303 valence electrons. The minimum Gasteiger partial charge on any atom is -0.324 e. The van der Waals surface area contributed by atoms with Gasteiger partial charge in [0, 0.05) is 43.8 Å². The van der Waals surface area contributed by atoms with Gasteiger partial charge in [0.15, 0.2) is 23.3 Å². The molecule has 11 rings (SSSR count). The van der Waals surface area contributed by atoms with Crippen molar-refractivity contribution in [2.45, 2.75) is 0 Å². The molecule has 3 aromatic heterocycles. The number of H-pyrrole nitrogens is 2. The van der Waals surface area contributed by atoms with Crippen LogP contribution in [0, 0.1) is 0 Å². The molecule has 0 saturated heterocycles. The smallest absolute Gasteiger partial charge is 0.164 e. The first-order chi connectivity index (χ1) is 30.1. The van der Waals surface area contributed by atoms with Crippen molar-refractivity contribution in [3.8, 4) is 57.1 Å². The van der Waals surface area contributed by atoms with Crippen LogP contribution in [-0.4, -0.2) is 65.0 Å². The van der Waals surface area contributed by atoms with Gasteiger partial charge in [0.1, 0.15) is 22.6 Å². The first-order valence-electron chi connectivity index (χ1n) is 19.5. The minimum atomic E-state index is 0.597. The van der Waals surface area contributed by atoms with Gasteiger partial charge in [-0.3, -0.25) is 0 Å². The van der Waals surface area contributed by atoms with E-state index in [2.05, 4.69) is 20.6 Å². The van der Waals surface area contributed by atoms with E-state index in [1.807, 2.05) is 161 Å². The predicted molar refractivity (Wildman–Crippen MR) is 239 cm³/mol. The first kappa shape index (κ1) is 37.7. The molecule has 9 aromatic rings. The van der Waals surface area contributed by atoms with Gasteiger partial charge >= 0.3 is 132 Å². The second-order valence-electron chi connectivity index (χ2n) is 13.9. The minimum absolute atomic E-state index is 0.597. The van der Waals surface area contributed by atoms with Gasteiger partial charge in [-0.15, -0.1) is 0 Å². The molecule has 0 saturated carbocycles. The number of nitrogens with zero attached hydrogens (tertiary/aromatic N) is 6. The monoisotopic (exact) mass is 849 g/mol. The van der Waals surface area contributed by atoms with Crippen LogP contribution in [-0.2, 0) is 15.0 Å². The van der Waals surface area contributed by atoms with Crippen LogP contribution in [0.1, 0.15) is 0 Å². The maximum Gasteiger partial charge on any atom is 0.164 e. The second-order valence-corrected chi connectivity index (χ2v) is 15.0. The van der Waals surface area contributed by atoms with Crippen LogP contribution in [0.3, 0.4) is 0 Å². The molecule has 0 spiro atoms. The van der Waals surface area contributed by atoms with Crippen molar-refractivity contribution in [2.75, 3.05) is 35.7 Å². The van der Waals surface area contributed by atoms with Crippen LogP contribution in [0.15, 0.2) is 146 Å². The summed E-state index contributed by atoms with van der Waals surface area (Å²) < 4.78 is 10.6. The van der Waals surface area contributed by atoms with Gasteiger partial charge in [0.25, 0.3) is 0 Å². The Kier molecular flexibility index (Phi) is 10.2. The number of methoxy groups -OCH3 is 2. The topological polar surface area (TPSA) is 151 Å². The fourth-order valence-corrected chi connectivity index (χ4v) is 8.11. The second kappa shape index (κ2) is 16.6. The Labute approximate surface area is 356 Å². The van der Waals surface area contributed by atoms with Gasteiger partial charge in [0.2, 0.25) is 0 Å². The Morgan fingerprint density at radius 2 is 0.689 bits per heavy atom. The molecule has 6 aromatic carbocycles. The third kappa shape index (κ3) is 7.37. The molecule has 12 nitrogen and oxygen atoms in total. The van der Waals surface area contributed by atoms with E-state index in [-0.39, 0.29) is 0 Å². The molecule has 5 heterocycles. The standard InChI is InChI=1S/C32H18N8.2C8H10NO.Cu/c1-2-10-18-17(9-1)25-33-26(18)38-28-21-13-5-6-14-22(21)30(35-28)40-32-24-16-8-7-15-23(24)31(36-32)39-29-20-12-4-3-11-19(20)27(34-29)37-25;2*1-9-7-5-3-4-6-8(7)10-2;/h1-16H,(H2,33,34,35,36,37,38,39,40);2*3-6,9H,1H2,2H3;. The number of nitrogens with one attached hydrogen (secondary N) is 4. The molecule has 13 heteroatoms. The van der Waals surface area contributed by atoms with Crippen LogP contribution in [0.2, 0.25) is 0 Å². The molecule has 0 fully saturated rings. The zero-order chi connectivity index (χ0) is 41.1. The van der Waals surface area contributed by atoms with E-state index in [0.29, 0.717) is 45.9 Å². The summed E-state index contributed by atoms with van der Waals surface area (Å²) >= 11 is 1.84. The molecule has 61 heavy (non-hydrogen) atoms. The van der Waals surface area contributed by atoms with Crippen molar-refractivity contribution in [3.63, 3.8) is 0 Å². The zero-order valence-corrected chi connectivity index (χ0v) is 34.0. The van der Waals surface area contributed by atoms with Gasteiger partial charge < -0.3 is 9.97 Å². The van der Waals surface area contributed by atoms with Crippen molar-refractivity contribution in [1.82, 2.24) is 39.9 Å². The molecule has 0 radical (unpaired) electrons. The van der Waals surface area contributed by atoms with Crippen molar-refractivity contribution in [2.24, 2.45) is 0 Å². The summed E-state index contributed by atoms with van der Waals surface area (Å²) in [5, 5.41) is 10.5. The normalized spacial score (nSPS) is 11.4. The van der Waals surface area contributed by atoms with Gasteiger partial charge in [-0.25, -0.2) is 29.9 Å². The van der Waals surface area contributed by atoms with E-state index in [0.717, 1.165) is 77.6 Å². The quantitative estimate of drug-likeness (QED) is 0.0859. The van der Waals surface area contributed by atoms with Gasteiger partial charge in [0.05, 0.1) is 0 Å². The maximum absolute atomic E-state index is 5.30. The average Bonchev–Trinajstić information content (AvgIpc) is 4.05. The van der Waals surface area contributed by atoms with Crippen LogP contribution < -0.4 is 20.1 Å². The number of hydrogen-bond acceptors (Lipinski definition) is 10. The fourth-order valence-electron chi connectivity index (χ4n) is 7.40. The number of rotatable bonds is 8. The number of aromatic nitrogens is 8. The zero-order valence-electron chi connectivity index (χ0n) is 33.1. The molecule has 0 amide bonds. The molecular weight excluding hydrogens is 812 g/mol. The summed E-state index contributed by atoms with van der Waals surface area (Å²) in [5.41, 5.74) is 10.0. The number of ether oxygens (including phenoxy) is 2. The maximum atomic E-state index is 5.30. The Morgan fingerprint density at radius 3 is 1.02 bits per heavy atom. The Bertz CT molecular complexity index is 2890. The summed E-state index contributed by atoms with van der Waals surface area (Å²) in [4.78, 5) is 36.8. The molecule has 2 aliphatic heterocycles. The Morgan fingerprint density at radius 1 is 0.393 bits per heavy atom. The third-order valence-corrected chi connectivity index (χ3v) is 11.1. The summed E-state index contributed by atoms with van der Waals surface area (Å²) in [6, 6.07) is 48.0. The number of hydrogen-bond donors (Lipinski definition) is 4. The Hall–Kier alpha value is -7.60. The summed E-state index contributed by atoms with van der Waals surface area (Å²) in [6.07, 6.45) is 0. The van der Waals surface area contributed by atoms with Crippen molar-refractivity contribution < 1.29 is 24.4 Å². The molecule has 2 aliphatic rings. The van der Waals surface area contributed by atoms with Crippen LogP contribution >= 0.6 is 0 Å². The number of anilines is 2. The van der Waals surface area contributed by atoms with Gasteiger partial charge in [-0.1, -0.05) is 97.1 Å². The van der Waals surface area contributed by atoms with Crippen LogP contribution in [0.5, 0.6) is 11.5 Å². The molecular formula is C48H38CuN10O2. The van der Waals surface area contributed by atoms with Crippen LogP contribution in [0.25, 0.3) is 89.7 Å². The van der Waals surface area contributed by atoms with Crippen molar-refractivity contribution in [3.05, 3.63) is 146 Å². The van der Waals surface area contributed by atoms with Crippen molar-refractivity contribution >= 4 is 55.5 Å². The van der Waals surface area contributed by atoms with E-state index in [9.17, 15) is 0 Å². The Balaban J connectivity index is 0.000000180. The van der Waals surface area contributed by atoms with E-state index in [1.165, 1.54) is 0 Å². The molecule has 0 atom stereocenters. The fraction of sp³-hybridized carbons (Fsp3) is 0.0833. The number of benzene rings is 6. The van der Waals surface area contributed by atoms with E-state index >= 15 is 0 Å². The van der Waals surface area contributed by atoms with E-state index < -0.39 is 0 Å². The van der Waals surface area contributed by atoms with E-state index in [4.69, 9.17) is 39.4 Å². The van der Waals surface area contributed by atoms with Crippen LogP contribution in [0.4, 0.5) is 11.4 Å². The van der Waals surface area contributed by atoms with Crippen molar-refractivity contribution in [1.29, 1.82) is 0 Å². The summed E-state index contributed by atoms with van der Waals surface area (Å²) in [7, 11) is 3.35. The third-order valence-electron chi connectivity index (χ3n) is 10.3. The predicted octanol–water partition coefficient (Wildman–Crippen LogP) is 10.1. The number of fused-ring (bicyclic) bond motifs is 20. The number of para-hydroxylation sites is 4. The molecule has 4 N–H and O–H groups in total. The molecule has 0 unspecified atom stereocenters. The molecule has 0 aliphatic carbocycles. The van der Waals surface area contributed by atoms with Gasteiger partial charge in [-0.2, -0.15) is 0 Å². The summed E-state index contributed by atoms with van der Waals surface area (Å²) in [5.74, 6) is 4.10. The first-order valence-corrected chi connectivity index (χ1v) is 20.8. The SMILES string of the molecule is COc1ccccc1N[CH2][Cu][CH2]Nc1ccccc1OC.c1ccc2c(c1)-c1nc-2nc2[nH]c(nc3nc(nc4[nH]c(n1)c1ccccc41)-c1ccccc1-3)c1ccccc21. The average molecular weight is 850 g/mol. The van der Waals surface area contributed by atoms with Gasteiger partial charge in [-0.05, 0) is 0 Å². The van der Waals surface area contributed by atoms with E-state index in [1.54, 1.807) is 14.2 Å². The number of aromatic amines is 2.